The molecule has 0 N–H and O–H groups in total. The Hall–Kier alpha value is -0.0500. The van der Waals surface area contributed by atoms with E-state index in [2.05, 4.69) is 29.7 Å². The Bertz CT molecular complexity index is 384. The van der Waals surface area contributed by atoms with Crippen LogP contribution in [0.4, 0.5) is 5.69 Å². The van der Waals surface area contributed by atoms with Gasteiger partial charge in [0.1, 0.15) is 0 Å². The van der Waals surface area contributed by atoms with Gasteiger partial charge >= 0.3 is 0 Å². The van der Waals surface area contributed by atoms with Gasteiger partial charge in [-0.1, -0.05) is 18.5 Å². The molecule has 1 unspecified atom stereocenters. The molecule has 0 saturated carbocycles. The second-order valence-electron chi connectivity index (χ2n) is 4.25. The van der Waals surface area contributed by atoms with Crippen LogP contribution in [0.15, 0.2) is 18.2 Å². The average Bonchev–Trinajstić information content (AvgIpc) is 2.38. The lowest BCUT2D eigenvalue weighted by Crippen LogP contribution is -2.38. The third-order valence-corrected chi connectivity index (χ3v) is 5.02. The zero-order valence-electron chi connectivity index (χ0n) is 9.96. The highest BCUT2D eigenvalue weighted by Crippen LogP contribution is 2.30. The summed E-state index contributed by atoms with van der Waals surface area (Å²) in [5, 5.41) is 1.51. The van der Waals surface area contributed by atoms with E-state index >= 15 is 0 Å². The van der Waals surface area contributed by atoms with Crippen molar-refractivity contribution >= 4 is 40.7 Å². The van der Waals surface area contributed by atoms with Gasteiger partial charge in [0.25, 0.3) is 0 Å². The number of rotatable bonds is 3. The SMILES string of the molecule is CCC1CN(c2ccc(Cl)cc2CCl)CCS1. The molecule has 2 rings (SSSR count). The topological polar surface area (TPSA) is 3.24 Å². The van der Waals surface area contributed by atoms with E-state index in [1.165, 1.54) is 17.9 Å². The van der Waals surface area contributed by atoms with Gasteiger partial charge in [-0.15, -0.1) is 11.6 Å². The van der Waals surface area contributed by atoms with Crippen LogP contribution < -0.4 is 4.90 Å². The summed E-state index contributed by atoms with van der Waals surface area (Å²) in [7, 11) is 0. The molecule has 1 aromatic carbocycles. The van der Waals surface area contributed by atoms with Gasteiger partial charge in [0, 0.05) is 40.7 Å². The maximum atomic E-state index is 6.01. The smallest absolute Gasteiger partial charge is 0.0495 e. The predicted molar refractivity (Wildman–Crippen MR) is 79.8 cm³/mol. The summed E-state index contributed by atoms with van der Waals surface area (Å²) in [6.07, 6.45) is 1.23. The lowest BCUT2D eigenvalue weighted by atomic mass is 10.1. The van der Waals surface area contributed by atoms with Crippen molar-refractivity contribution in [1.29, 1.82) is 0 Å². The first kappa shape index (κ1) is 13.4. The van der Waals surface area contributed by atoms with Crippen molar-refractivity contribution in [3.05, 3.63) is 28.8 Å². The molecule has 1 aliphatic heterocycles. The van der Waals surface area contributed by atoms with E-state index in [0.29, 0.717) is 5.88 Å². The van der Waals surface area contributed by atoms with E-state index in [-0.39, 0.29) is 0 Å². The largest absolute Gasteiger partial charge is 0.369 e. The van der Waals surface area contributed by atoms with Crippen LogP contribution in [0.3, 0.4) is 0 Å². The van der Waals surface area contributed by atoms with Crippen molar-refractivity contribution in [1.82, 2.24) is 0 Å². The Kier molecular flexibility index (Phi) is 4.89. The van der Waals surface area contributed by atoms with Gasteiger partial charge in [0.2, 0.25) is 0 Å². The van der Waals surface area contributed by atoms with Gasteiger partial charge in [-0.25, -0.2) is 0 Å². The van der Waals surface area contributed by atoms with Gasteiger partial charge in [0.15, 0.2) is 0 Å². The molecule has 1 saturated heterocycles. The molecule has 1 nitrogen and oxygen atoms in total. The fraction of sp³-hybridized carbons (Fsp3) is 0.538. The van der Waals surface area contributed by atoms with E-state index in [0.717, 1.165) is 28.9 Å². The lowest BCUT2D eigenvalue weighted by molar-refractivity contribution is 0.726. The van der Waals surface area contributed by atoms with Gasteiger partial charge < -0.3 is 4.90 Å². The van der Waals surface area contributed by atoms with Crippen LogP contribution in [0, 0.1) is 0 Å². The van der Waals surface area contributed by atoms with E-state index in [1.807, 2.05) is 12.1 Å². The first-order valence-corrected chi connectivity index (χ1v) is 7.91. The average molecular weight is 290 g/mol. The second kappa shape index (κ2) is 6.21. The summed E-state index contributed by atoms with van der Waals surface area (Å²) in [4.78, 5) is 2.44. The summed E-state index contributed by atoms with van der Waals surface area (Å²) in [5.41, 5.74) is 2.39. The predicted octanol–water partition coefficient (Wildman–Crippen LogP) is 4.41. The van der Waals surface area contributed by atoms with Gasteiger partial charge in [-0.2, -0.15) is 11.8 Å². The third kappa shape index (κ3) is 3.24. The Morgan fingerprint density at radius 3 is 3.00 bits per heavy atom. The monoisotopic (exact) mass is 289 g/mol. The van der Waals surface area contributed by atoms with Crippen molar-refractivity contribution in [2.45, 2.75) is 24.5 Å². The first-order chi connectivity index (χ1) is 8.24. The van der Waals surface area contributed by atoms with Crippen LogP contribution in [-0.2, 0) is 5.88 Å². The fourth-order valence-electron chi connectivity index (χ4n) is 2.15. The molecule has 1 atom stereocenters. The molecule has 0 spiro atoms. The molecule has 0 bridgehead atoms. The zero-order valence-corrected chi connectivity index (χ0v) is 12.3. The lowest BCUT2D eigenvalue weighted by Gasteiger charge is -2.34. The summed E-state index contributed by atoms with van der Waals surface area (Å²) >= 11 is 14.1. The Balaban J connectivity index is 2.20. The minimum Gasteiger partial charge on any atom is -0.369 e. The standard InChI is InChI=1S/C13H17Cl2NS/c1-2-12-9-16(5-6-17-12)13-4-3-11(15)7-10(13)8-14/h3-4,7,12H,2,5-6,8-9H2,1H3. The molecule has 17 heavy (non-hydrogen) atoms. The molecular weight excluding hydrogens is 273 g/mol. The third-order valence-electron chi connectivity index (χ3n) is 3.12. The highest BCUT2D eigenvalue weighted by Gasteiger charge is 2.20. The number of halogens is 2. The van der Waals surface area contributed by atoms with Crippen LogP contribution in [0.5, 0.6) is 0 Å². The molecule has 0 aromatic heterocycles. The van der Waals surface area contributed by atoms with Crippen LogP contribution in [0.25, 0.3) is 0 Å². The number of thioether (sulfide) groups is 1. The van der Waals surface area contributed by atoms with Crippen molar-refractivity contribution in [3.8, 4) is 0 Å². The highest BCUT2D eigenvalue weighted by atomic mass is 35.5. The summed E-state index contributed by atoms with van der Waals surface area (Å²) in [6, 6.07) is 6.03. The van der Waals surface area contributed by atoms with E-state index in [1.54, 1.807) is 0 Å². The molecule has 4 heteroatoms. The van der Waals surface area contributed by atoms with Gasteiger partial charge in [-0.3, -0.25) is 0 Å². The zero-order chi connectivity index (χ0) is 12.3. The van der Waals surface area contributed by atoms with E-state index < -0.39 is 0 Å². The molecule has 0 amide bonds. The number of benzene rings is 1. The molecule has 1 aromatic rings. The number of alkyl halides is 1. The molecule has 0 radical (unpaired) electrons. The van der Waals surface area contributed by atoms with Crippen LogP contribution in [0.1, 0.15) is 18.9 Å². The normalized spacial score (nSPS) is 20.6. The number of anilines is 1. The number of hydrogen-bond donors (Lipinski definition) is 0. The van der Waals surface area contributed by atoms with Crippen molar-refractivity contribution in [3.63, 3.8) is 0 Å². The summed E-state index contributed by atoms with van der Waals surface area (Å²) in [5.74, 6) is 1.72. The second-order valence-corrected chi connectivity index (χ2v) is 6.37. The van der Waals surface area contributed by atoms with E-state index in [4.69, 9.17) is 23.2 Å². The summed E-state index contributed by atoms with van der Waals surface area (Å²) < 4.78 is 0. The maximum absolute atomic E-state index is 6.01. The summed E-state index contributed by atoms with van der Waals surface area (Å²) in [6.45, 7) is 4.48. The molecule has 0 aliphatic carbocycles. The fourth-order valence-corrected chi connectivity index (χ4v) is 3.74. The minimum absolute atomic E-state index is 0.524. The molecule has 1 heterocycles. The van der Waals surface area contributed by atoms with Crippen LogP contribution in [-0.4, -0.2) is 24.1 Å². The van der Waals surface area contributed by atoms with Crippen LogP contribution >= 0.6 is 35.0 Å². The van der Waals surface area contributed by atoms with Crippen molar-refractivity contribution < 1.29 is 0 Å². The van der Waals surface area contributed by atoms with Gasteiger partial charge in [0.05, 0.1) is 0 Å². The maximum Gasteiger partial charge on any atom is 0.0495 e. The quantitative estimate of drug-likeness (QED) is 0.759. The van der Waals surface area contributed by atoms with Crippen molar-refractivity contribution in [2.75, 3.05) is 23.7 Å². The highest BCUT2D eigenvalue weighted by molar-refractivity contribution is 8.00. The molecule has 1 fully saturated rings. The Morgan fingerprint density at radius 1 is 1.47 bits per heavy atom. The van der Waals surface area contributed by atoms with E-state index in [9.17, 15) is 0 Å². The Morgan fingerprint density at radius 2 is 2.29 bits per heavy atom. The molecule has 94 valence electrons. The molecular formula is C13H17Cl2NS. The van der Waals surface area contributed by atoms with Crippen LogP contribution in [0.2, 0.25) is 5.02 Å². The number of hydrogen-bond acceptors (Lipinski definition) is 2. The number of nitrogens with zero attached hydrogens (tertiary/aromatic N) is 1. The van der Waals surface area contributed by atoms with Crippen molar-refractivity contribution in [2.24, 2.45) is 0 Å². The first-order valence-electron chi connectivity index (χ1n) is 5.95. The molecule has 1 aliphatic rings. The minimum atomic E-state index is 0.524. The Labute approximate surface area is 117 Å². The van der Waals surface area contributed by atoms with Gasteiger partial charge in [-0.05, 0) is 30.2 Å².